The molecule has 0 atom stereocenters. The number of amides is 1. The first-order valence-electron chi connectivity index (χ1n) is 8.99. The second kappa shape index (κ2) is 8.05. The third kappa shape index (κ3) is 4.17. The van der Waals surface area contributed by atoms with E-state index in [1.54, 1.807) is 11.1 Å². The summed E-state index contributed by atoms with van der Waals surface area (Å²) in [6.07, 6.45) is 1.78. The predicted molar refractivity (Wildman–Crippen MR) is 104 cm³/mol. The molecule has 2 aromatic carbocycles. The number of fused-ring (bicyclic) bond motifs is 1. The van der Waals surface area contributed by atoms with Crippen LogP contribution < -0.4 is 10.1 Å². The first-order chi connectivity index (χ1) is 13.3. The topological polar surface area (TPSA) is 63.7 Å². The molecule has 0 aliphatic carbocycles. The summed E-state index contributed by atoms with van der Waals surface area (Å²) < 4.78 is 11.0. The van der Waals surface area contributed by atoms with Crippen molar-refractivity contribution < 1.29 is 14.3 Å². The van der Waals surface area contributed by atoms with Gasteiger partial charge in [0.1, 0.15) is 5.75 Å². The molecular formula is C21H21N3O3. The van der Waals surface area contributed by atoms with Crippen LogP contribution in [0.5, 0.6) is 5.75 Å². The normalized spacial score (nSPS) is 14.1. The Morgan fingerprint density at radius 2 is 1.96 bits per heavy atom. The average Bonchev–Trinajstić information content (AvgIpc) is 2.73. The van der Waals surface area contributed by atoms with Crippen LogP contribution in [-0.2, 0) is 9.53 Å². The maximum atomic E-state index is 12.2. The Morgan fingerprint density at radius 1 is 1.11 bits per heavy atom. The fourth-order valence-electron chi connectivity index (χ4n) is 3.07. The van der Waals surface area contributed by atoms with E-state index in [9.17, 15) is 4.79 Å². The van der Waals surface area contributed by atoms with Crippen molar-refractivity contribution in [3.63, 3.8) is 0 Å². The minimum Gasteiger partial charge on any atom is -0.484 e. The van der Waals surface area contributed by atoms with Crippen molar-refractivity contribution in [3.05, 3.63) is 60.8 Å². The van der Waals surface area contributed by atoms with E-state index in [1.807, 2.05) is 54.6 Å². The first kappa shape index (κ1) is 17.3. The highest BCUT2D eigenvalue weighted by atomic mass is 16.5. The largest absolute Gasteiger partial charge is 0.484 e. The maximum Gasteiger partial charge on any atom is 0.260 e. The molecule has 0 bridgehead atoms. The van der Waals surface area contributed by atoms with Gasteiger partial charge in [0.25, 0.3) is 5.91 Å². The van der Waals surface area contributed by atoms with E-state index in [1.165, 1.54) is 0 Å². The fourth-order valence-corrected chi connectivity index (χ4v) is 3.07. The number of carbonyl (C=O) groups is 1. The molecule has 3 aromatic rings. The third-order valence-corrected chi connectivity index (χ3v) is 4.49. The summed E-state index contributed by atoms with van der Waals surface area (Å²) in [5.41, 5.74) is 2.80. The number of ether oxygens (including phenoxy) is 2. The summed E-state index contributed by atoms with van der Waals surface area (Å²) in [5.74, 6) is 0.636. The molecule has 0 saturated carbocycles. The summed E-state index contributed by atoms with van der Waals surface area (Å²) in [6, 6.07) is 17.5. The molecule has 1 amide bonds. The highest BCUT2D eigenvalue weighted by Gasteiger charge is 2.17. The van der Waals surface area contributed by atoms with Crippen molar-refractivity contribution in [2.45, 2.75) is 0 Å². The van der Waals surface area contributed by atoms with Crippen molar-refractivity contribution >= 4 is 28.2 Å². The van der Waals surface area contributed by atoms with Crippen LogP contribution in [0.2, 0.25) is 0 Å². The van der Waals surface area contributed by atoms with Crippen LogP contribution in [0.25, 0.3) is 10.9 Å². The number of morpholine rings is 1. The maximum absolute atomic E-state index is 12.2. The number of hydrogen-bond donors (Lipinski definition) is 1. The van der Waals surface area contributed by atoms with Crippen LogP contribution in [-0.4, -0.2) is 48.7 Å². The molecule has 0 radical (unpaired) electrons. The number of aromatic nitrogens is 1. The van der Waals surface area contributed by atoms with Gasteiger partial charge in [-0.1, -0.05) is 24.3 Å². The van der Waals surface area contributed by atoms with Crippen LogP contribution >= 0.6 is 0 Å². The fraction of sp³-hybridized carbons (Fsp3) is 0.238. The smallest absolute Gasteiger partial charge is 0.260 e. The zero-order valence-electron chi connectivity index (χ0n) is 14.9. The van der Waals surface area contributed by atoms with Crippen molar-refractivity contribution in [3.8, 4) is 5.75 Å². The zero-order valence-corrected chi connectivity index (χ0v) is 14.9. The molecule has 4 rings (SSSR count). The summed E-state index contributed by atoms with van der Waals surface area (Å²) in [4.78, 5) is 18.4. The molecule has 138 valence electrons. The molecule has 27 heavy (non-hydrogen) atoms. The number of rotatable bonds is 5. The van der Waals surface area contributed by atoms with Gasteiger partial charge in [0.2, 0.25) is 0 Å². The number of nitrogens with one attached hydrogen (secondary N) is 1. The Morgan fingerprint density at radius 3 is 2.85 bits per heavy atom. The number of hydrogen-bond acceptors (Lipinski definition) is 5. The van der Waals surface area contributed by atoms with Gasteiger partial charge in [0.05, 0.1) is 18.7 Å². The van der Waals surface area contributed by atoms with Crippen molar-refractivity contribution in [1.82, 2.24) is 9.88 Å². The van der Waals surface area contributed by atoms with Gasteiger partial charge in [-0.05, 0) is 24.3 Å². The molecule has 6 nitrogen and oxygen atoms in total. The van der Waals surface area contributed by atoms with Crippen molar-refractivity contribution in [2.24, 2.45) is 0 Å². The lowest BCUT2D eigenvalue weighted by atomic mass is 10.2. The van der Waals surface area contributed by atoms with Gasteiger partial charge < -0.3 is 19.7 Å². The molecule has 6 heteroatoms. The monoisotopic (exact) mass is 363 g/mol. The second-order valence-electron chi connectivity index (χ2n) is 6.31. The number of pyridine rings is 1. The Balaban J connectivity index is 1.43. The number of carbonyl (C=O) groups excluding carboxylic acids is 1. The lowest BCUT2D eigenvalue weighted by Gasteiger charge is -2.26. The minimum atomic E-state index is -0.0169. The summed E-state index contributed by atoms with van der Waals surface area (Å²) in [7, 11) is 0. The number of para-hydroxylation sites is 1. The molecular weight excluding hydrogens is 342 g/mol. The Labute approximate surface area is 157 Å². The molecule has 1 saturated heterocycles. The number of anilines is 2. The van der Waals surface area contributed by atoms with E-state index >= 15 is 0 Å². The Kier molecular flexibility index (Phi) is 5.16. The quantitative estimate of drug-likeness (QED) is 0.754. The molecule has 2 heterocycles. The standard InChI is InChI=1S/C21H21N3O3/c25-21(24-10-12-26-13-11-24)15-27-17-5-3-4-16(14-17)23-20-8-9-22-19-7-2-1-6-18(19)20/h1-9,14H,10-13,15H2,(H,22,23). The first-order valence-corrected chi connectivity index (χ1v) is 8.99. The number of nitrogens with zero attached hydrogens (tertiary/aromatic N) is 2. The summed E-state index contributed by atoms with van der Waals surface area (Å²) in [5, 5.41) is 4.46. The number of benzene rings is 2. The van der Waals surface area contributed by atoms with Gasteiger partial charge in [-0.2, -0.15) is 0 Å². The van der Waals surface area contributed by atoms with Crippen LogP contribution in [0.1, 0.15) is 0 Å². The Bertz CT molecular complexity index is 933. The third-order valence-electron chi connectivity index (χ3n) is 4.49. The van der Waals surface area contributed by atoms with Crippen molar-refractivity contribution in [2.75, 3.05) is 38.2 Å². The molecule has 1 N–H and O–H groups in total. The van der Waals surface area contributed by atoms with Gasteiger partial charge in [-0.15, -0.1) is 0 Å². The molecule has 1 aliphatic rings. The van der Waals surface area contributed by atoms with Crippen molar-refractivity contribution in [1.29, 1.82) is 0 Å². The molecule has 1 aromatic heterocycles. The highest BCUT2D eigenvalue weighted by Crippen LogP contribution is 2.26. The van der Waals surface area contributed by atoms with Gasteiger partial charge in [0.15, 0.2) is 6.61 Å². The van der Waals surface area contributed by atoms with Crippen LogP contribution in [0.15, 0.2) is 60.8 Å². The molecule has 1 fully saturated rings. The predicted octanol–water partition coefficient (Wildman–Crippen LogP) is 3.22. The second-order valence-corrected chi connectivity index (χ2v) is 6.31. The van der Waals surface area contributed by atoms with E-state index in [0.717, 1.165) is 22.3 Å². The molecule has 1 aliphatic heterocycles. The van der Waals surface area contributed by atoms with Crippen LogP contribution in [0, 0.1) is 0 Å². The van der Waals surface area contributed by atoms with Gasteiger partial charge in [-0.25, -0.2) is 0 Å². The Hall–Kier alpha value is -3.12. The van der Waals surface area contributed by atoms with E-state index in [0.29, 0.717) is 32.1 Å². The molecule has 0 spiro atoms. The zero-order chi connectivity index (χ0) is 18.5. The lowest BCUT2D eigenvalue weighted by molar-refractivity contribution is -0.137. The van der Waals surface area contributed by atoms with Gasteiger partial charge in [0, 0.05) is 42.1 Å². The van der Waals surface area contributed by atoms with Gasteiger partial charge >= 0.3 is 0 Å². The summed E-state index contributed by atoms with van der Waals surface area (Å²) >= 11 is 0. The van der Waals surface area contributed by atoms with Gasteiger partial charge in [-0.3, -0.25) is 9.78 Å². The average molecular weight is 363 g/mol. The SMILES string of the molecule is O=C(COc1cccc(Nc2ccnc3ccccc23)c1)N1CCOCC1. The van der Waals surface area contributed by atoms with E-state index in [-0.39, 0.29) is 12.5 Å². The highest BCUT2D eigenvalue weighted by molar-refractivity contribution is 5.92. The van der Waals surface area contributed by atoms with E-state index in [2.05, 4.69) is 10.3 Å². The summed E-state index contributed by atoms with van der Waals surface area (Å²) in [6.45, 7) is 2.45. The van der Waals surface area contributed by atoms with E-state index < -0.39 is 0 Å². The van der Waals surface area contributed by atoms with Crippen LogP contribution in [0.3, 0.4) is 0 Å². The minimum absolute atomic E-state index is 0.0169. The van der Waals surface area contributed by atoms with Crippen LogP contribution in [0.4, 0.5) is 11.4 Å². The lowest BCUT2D eigenvalue weighted by Crippen LogP contribution is -2.42. The van der Waals surface area contributed by atoms with E-state index in [4.69, 9.17) is 9.47 Å². The molecule has 0 unspecified atom stereocenters.